The highest BCUT2D eigenvalue weighted by molar-refractivity contribution is 7.98. The van der Waals surface area contributed by atoms with Crippen molar-refractivity contribution in [2.45, 2.75) is 10.9 Å². The van der Waals surface area contributed by atoms with E-state index in [0.29, 0.717) is 16.5 Å². The number of halogens is 1. The second-order valence-electron chi connectivity index (χ2n) is 5.37. The molecule has 0 fully saturated rings. The first-order chi connectivity index (χ1) is 11.8. The van der Waals surface area contributed by atoms with Crippen molar-refractivity contribution in [2.24, 2.45) is 0 Å². The van der Waals surface area contributed by atoms with Crippen molar-refractivity contribution in [1.29, 1.82) is 0 Å². The molecule has 1 N–H and O–H groups in total. The summed E-state index contributed by atoms with van der Waals surface area (Å²) in [5.74, 6) is 0.906. The SMILES string of the molecule is Fc1ccccc1-c1nc(SCc2cccc3ccccc23)n[nH]1. The highest BCUT2D eigenvalue weighted by Gasteiger charge is 2.10. The molecule has 1 aromatic heterocycles. The summed E-state index contributed by atoms with van der Waals surface area (Å²) in [6.07, 6.45) is 0. The summed E-state index contributed by atoms with van der Waals surface area (Å²) in [7, 11) is 0. The minimum Gasteiger partial charge on any atom is -0.258 e. The van der Waals surface area contributed by atoms with Gasteiger partial charge in [-0.15, -0.1) is 5.10 Å². The topological polar surface area (TPSA) is 41.6 Å². The Morgan fingerprint density at radius 3 is 2.62 bits per heavy atom. The predicted octanol–water partition coefficient (Wildman–Crippen LogP) is 5.06. The average Bonchev–Trinajstić information content (AvgIpc) is 3.09. The third-order valence-corrected chi connectivity index (χ3v) is 4.73. The molecule has 1 heterocycles. The number of nitrogens with zero attached hydrogens (tertiary/aromatic N) is 2. The predicted molar refractivity (Wildman–Crippen MR) is 95.3 cm³/mol. The number of aromatic amines is 1. The molecular weight excluding hydrogens is 321 g/mol. The molecule has 0 amide bonds. The van der Waals surface area contributed by atoms with Crippen molar-refractivity contribution in [3.8, 4) is 11.4 Å². The van der Waals surface area contributed by atoms with E-state index in [1.54, 1.807) is 18.2 Å². The van der Waals surface area contributed by atoms with Crippen LogP contribution >= 0.6 is 11.8 Å². The molecule has 3 nitrogen and oxygen atoms in total. The van der Waals surface area contributed by atoms with Gasteiger partial charge in [-0.25, -0.2) is 9.37 Å². The summed E-state index contributed by atoms with van der Waals surface area (Å²) in [6, 6.07) is 21.1. The molecule has 0 radical (unpaired) electrons. The van der Waals surface area contributed by atoms with Crippen LogP contribution in [0.3, 0.4) is 0 Å². The zero-order chi connectivity index (χ0) is 16.4. The molecule has 0 saturated heterocycles. The summed E-state index contributed by atoms with van der Waals surface area (Å²) < 4.78 is 13.8. The largest absolute Gasteiger partial charge is 0.258 e. The lowest BCUT2D eigenvalue weighted by molar-refractivity contribution is 0.630. The van der Waals surface area contributed by atoms with E-state index in [1.807, 2.05) is 12.1 Å². The van der Waals surface area contributed by atoms with Crippen molar-refractivity contribution in [3.63, 3.8) is 0 Å². The minimum absolute atomic E-state index is 0.306. The van der Waals surface area contributed by atoms with E-state index >= 15 is 0 Å². The van der Waals surface area contributed by atoms with Crippen LogP contribution in [0.5, 0.6) is 0 Å². The zero-order valence-corrected chi connectivity index (χ0v) is 13.6. The van der Waals surface area contributed by atoms with E-state index in [-0.39, 0.29) is 5.82 Å². The van der Waals surface area contributed by atoms with E-state index in [1.165, 1.54) is 34.2 Å². The van der Waals surface area contributed by atoms with Crippen LogP contribution < -0.4 is 0 Å². The first kappa shape index (κ1) is 14.9. The van der Waals surface area contributed by atoms with E-state index in [2.05, 4.69) is 45.5 Å². The van der Waals surface area contributed by atoms with Crippen molar-refractivity contribution < 1.29 is 4.39 Å². The van der Waals surface area contributed by atoms with Gasteiger partial charge in [0.25, 0.3) is 0 Å². The van der Waals surface area contributed by atoms with Gasteiger partial charge in [-0.1, -0.05) is 66.4 Å². The number of fused-ring (bicyclic) bond motifs is 1. The van der Waals surface area contributed by atoms with E-state index in [0.717, 1.165) is 5.75 Å². The number of rotatable bonds is 4. The summed E-state index contributed by atoms with van der Waals surface area (Å²) in [4.78, 5) is 4.39. The molecule has 0 aliphatic rings. The standard InChI is InChI=1S/C19H14FN3S/c20-17-11-4-3-10-16(17)18-21-19(23-22-18)24-12-14-8-5-7-13-6-1-2-9-15(13)14/h1-11H,12H2,(H,21,22,23). The number of nitrogens with one attached hydrogen (secondary N) is 1. The Morgan fingerprint density at radius 2 is 1.71 bits per heavy atom. The van der Waals surface area contributed by atoms with Crippen LogP contribution in [-0.4, -0.2) is 15.2 Å². The molecular formula is C19H14FN3S. The van der Waals surface area contributed by atoms with Gasteiger partial charge in [0.1, 0.15) is 5.82 Å². The smallest absolute Gasteiger partial charge is 0.209 e. The van der Waals surface area contributed by atoms with Gasteiger partial charge in [-0.05, 0) is 28.5 Å². The molecule has 118 valence electrons. The lowest BCUT2D eigenvalue weighted by Crippen LogP contribution is -1.86. The Labute approximate surface area is 142 Å². The number of benzene rings is 3. The Kier molecular flexibility index (Phi) is 4.01. The van der Waals surface area contributed by atoms with Gasteiger partial charge >= 0.3 is 0 Å². The van der Waals surface area contributed by atoms with Crippen molar-refractivity contribution in [1.82, 2.24) is 15.2 Å². The molecule has 4 aromatic rings. The van der Waals surface area contributed by atoms with Crippen LogP contribution in [0.4, 0.5) is 4.39 Å². The summed E-state index contributed by atoms with van der Waals surface area (Å²) in [5, 5.41) is 10.1. The molecule has 0 spiro atoms. The highest BCUT2D eigenvalue weighted by Crippen LogP contribution is 2.27. The molecule has 4 rings (SSSR count). The van der Waals surface area contributed by atoms with Crippen LogP contribution in [0.15, 0.2) is 71.9 Å². The molecule has 0 bridgehead atoms. The van der Waals surface area contributed by atoms with Gasteiger partial charge < -0.3 is 0 Å². The van der Waals surface area contributed by atoms with Gasteiger partial charge in [0.15, 0.2) is 5.82 Å². The highest BCUT2D eigenvalue weighted by atomic mass is 32.2. The number of hydrogen-bond acceptors (Lipinski definition) is 3. The molecule has 0 unspecified atom stereocenters. The average molecular weight is 335 g/mol. The zero-order valence-electron chi connectivity index (χ0n) is 12.7. The number of aromatic nitrogens is 3. The van der Waals surface area contributed by atoms with Crippen LogP contribution in [-0.2, 0) is 5.75 Å². The first-order valence-corrected chi connectivity index (χ1v) is 8.56. The minimum atomic E-state index is -0.306. The second kappa shape index (κ2) is 6.45. The van der Waals surface area contributed by atoms with E-state index in [4.69, 9.17) is 0 Å². The molecule has 3 aromatic carbocycles. The van der Waals surface area contributed by atoms with E-state index in [9.17, 15) is 4.39 Å². The summed E-state index contributed by atoms with van der Waals surface area (Å²) >= 11 is 1.53. The fourth-order valence-corrected chi connectivity index (χ4v) is 3.45. The molecule has 24 heavy (non-hydrogen) atoms. The molecule has 0 atom stereocenters. The third-order valence-electron chi connectivity index (χ3n) is 3.83. The number of H-pyrrole nitrogens is 1. The number of thioether (sulfide) groups is 1. The van der Waals surface area contributed by atoms with Crippen molar-refractivity contribution >= 4 is 22.5 Å². The van der Waals surface area contributed by atoms with Gasteiger partial charge in [0.05, 0.1) is 5.56 Å². The van der Waals surface area contributed by atoms with Gasteiger partial charge in [-0.3, -0.25) is 5.10 Å². The lowest BCUT2D eigenvalue weighted by Gasteiger charge is -2.04. The Morgan fingerprint density at radius 1 is 0.917 bits per heavy atom. The number of hydrogen-bond donors (Lipinski definition) is 1. The second-order valence-corrected chi connectivity index (χ2v) is 6.32. The summed E-state index contributed by atoms with van der Waals surface area (Å²) in [5.41, 5.74) is 1.66. The summed E-state index contributed by atoms with van der Waals surface area (Å²) in [6.45, 7) is 0. The molecule has 0 saturated carbocycles. The van der Waals surface area contributed by atoms with Crippen LogP contribution in [0.25, 0.3) is 22.2 Å². The van der Waals surface area contributed by atoms with Gasteiger partial charge in [0.2, 0.25) is 5.16 Å². The van der Waals surface area contributed by atoms with Crippen molar-refractivity contribution in [3.05, 3.63) is 78.1 Å². The van der Waals surface area contributed by atoms with Crippen molar-refractivity contribution in [2.75, 3.05) is 0 Å². The van der Waals surface area contributed by atoms with Crippen LogP contribution in [0, 0.1) is 5.82 Å². The normalized spacial score (nSPS) is 11.0. The van der Waals surface area contributed by atoms with Crippen LogP contribution in [0.2, 0.25) is 0 Å². The molecule has 0 aliphatic heterocycles. The van der Waals surface area contributed by atoms with Crippen LogP contribution in [0.1, 0.15) is 5.56 Å². The monoisotopic (exact) mass is 335 g/mol. The maximum atomic E-state index is 13.8. The quantitative estimate of drug-likeness (QED) is 0.530. The maximum Gasteiger partial charge on any atom is 0.209 e. The maximum absolute atomic E-state index is 13.8. The Bertz CT molecular complexity index is 991. The van der Waals surface area contributed by atoms with Gasteiger partial charge in [-0.2, -0.15) is 0 Å². The fourth-order valence-electron chi connectivity index (χ4n) is 2.65. The Hall–Kier alpha value is -2.66. The third kappa shape index (κ3) is 2.90. The first-order valence-electron chi connectivity index (χ1n) is 7.58. The molecule has 0 aliphatic carbocycles. The molecule has 5 heteroatoms. The fraction of sp³-hybridized carbons (Fsp3) is 0.0526. The Balaban J connectivity index is 1.56. The van der Waals surface area contributed by atoms with Gasteiger partial charge in [0, 0.05) is 5.75 Å². The van der Waals surface area contributed by atoms with E-state index < -0.39 is 0 Å². The lowest BCUT2D eigenvalue weighted by atomic mass is 10.1.